The van der Waals surface area contributed by atoms with Crippen LogP contribution in [0.15, 0.2) is 24.3 Å². The van der Waals surface area contributed by atoms with Crippen LogP contribution in [0.25, 0.3) is 0 Å². The standard InChI is InChI=1S/C18H27N3O2.ClH/c1-4-18(5-2,11-19)21-16(22)13-7-6-8-14(10-13)20-17(23)15-9-12(15)3;/h6-8,10,12,15H,4-5,9,11,19H2,1-3H3,(H,20,23)(H,21,22);1H. The minimum atomic E-state index is -0.375. The molecule has 5 nitrogen and oxygen atoms in total. The van der Waals surface area contributed by atoms with Crippen LogP contribution in [0.1, 0.15) is 50.4 Å². The van der Waals surface area contributed by atoms with E-state index in [0.29, 0.717) is 23.7 Å². The van der Waals surface area contributed by atoms with E-state index in [1.165, 1.54) is 0 Å². The summed E-state index contributed by atoms with van der Waals surface area (Å²) < 4.78 is 0. The Balaban J connectivity index is 0.00000288. The first-order chi connectivity index (χ1) is 10.9. The van der Waals surface area contributed by atoms with Gasteiger partial charge in [-0.25, -0.2) is 0 Å². The third-order valence-corrected chi connectivity index (χ3v) is 4.96. The molecule has 2 amide bonds. The maximum absolute atomic E-state index is 12.5. The van der Waals surface area contributed by atoms with Crippen molar-refractivity contribution in [1.29, 1.82) is 0 Å². The van der Waals surface area contributed by atoms with Gasteiger partial charge in [-0.1, -0.05) is 26.8 Å². The van der Waals surface area contributed by atoms with E-state index >= 15 is 0 Å². The van der Waals surface area contributed by atoms with Crippen molar-refractivity contribution in [2.24, 2.45) is 17.6 Å². The Morgan fingerprint density at radius 2 is 1.92 bits per heavy atom. The third kappa shape index (κ3) is 4.71. The fraction of sp³-hybridized carbons (Fsp3) is 0.556. The van der Waals surface area contributed by atoms with E-state index in [4.69, 9.17) is 5.73 Å². The lowest BCUT2D eigenvalue weighted by Gasteiger charge is -2.31. The molecule has 1 aliphatic carbocycles. The summed E-state index contributed by atoms with van der Waals surface area (Å²) in [5.74, 6) is 0.446. The molecular formula is C18H28ClN3O2. The van der Waals surface area contributed by atoms with Gasteiger partial charge in [0.05, 0.1) is 5.54 Å². The highest BCUT2D eigenvalue weighted by atomic mass is 35.5. The predicted octanol–water partition coefficient (Wildman–Crippen LogP) is 2.95. The molecule has 2 unspecified atom stereocenters. The van der Waals surface area contributed by atoms with Crippen molar-refractivity contribution >= 4 is 29.9 Å². The molecule has 0 heterocycles. The average molecular weight is 354 g/mol. The van der Waals surface area contributed by atoms with Gasteiger partial charge in [-0.15, -0.1) is 12.4 Å². The number of carbonyl (C=O) groups is 2. The molecule has 0 aromatic heterocycles. The minimum Gasteiger partial charge on any atom is -0.345 e. The molecule has 1 aromatic carbocycles. The molecule has 1 aliphatic rings. The second-order valence-electron chi connectivity index (χ2n) is 6.54. The third-order valence-electron chi connectivity index (χ3n) is 4.96. The fourth-order valence-corrected chi connectivity index (χ4v) is 2.74. The SMILES string of the molecule is CCC(CC)(CN)NC(=O)c1cccc(NC(=O)C2CC2C)c1.Cl. The summed E-state index contributed by atoms with van der Waals surface area (Å²) in [5.41, 5.74) is 6.65. The summed E-state index contributed by atoms with van der Waals surface area (Å²) in [4.78, 5) is 24.5. The maximum atomic E-state index is 12.5. The summed E-state index contributed by atoms with van der Waals surface area (Å²) in [6.07, 6.45) is 2.50. The van der Waals surface area contributed by atoms with Crippen LogP contribution in [0.2, 0.25) is 0 Å². The van der Waals surface area contributed by atoms with E-state index < -0.39 is 0 Å². The molecule has 1 saturated carbocycles. The molecule has 6 heteroatoms. The van der Waals surface area contributed by atoms with Gasteiger partial charge in [-0.2, -0.15) is 0 Å². The molecule has 4 N–H and O–H groups in total. The van der Waals surface area contributed by atoms with Crippen molar-refractivity contribution in [2.75, 3.05) is 11.9 Å². The van der Waals surface area contributed by atoms with Gasteiger partial charge in [0.2, 0.25) is 5.91 Å². The molecular weight excluding hydrogens is 326 g/mol. The van der Waals surface area contributed by atoms with Gasteiger partial charge in [-0.05, 0) is 43.4 Å². The summed E-state index contributed by atoms with van der Waals surface area (Å²) in [6.45, 7) is 6.51. The molecule has 0 aliphatic heterocycles. The molecule has 134 valence electrons. The lowest BCUT2D eigenvalue weighted by Crippen LogP contribution is -2.52. The van der Waals surface area contributed by atoms with Crippen molar-refractivity contribution in [3.05, 3.63) is 29.8 Å². The van der Waals surface area contributed by atoms with Crippen LogP contribution in [-0.2, 0) is 4.79 Å². The Morgan fingerprint density at radius 3 is 2.42 bits per heavy atom. The molecule has 1 fully saturated rings. The van der Waals surface area contributed by atoms with Crippen LogP contribution in [0.5, 0.6) is 0 Å². The molecule has 0 saturated heterocycles. The smallest absolute Gasteiger partial charge is 0.251 e. The van der Waals surface area contributed by atoms with Gasteiger partial charge >= 0.3 is 0 Å². The largest absolute Gasteiger partial charge is 0.345 e. The molecule has 0 radical (unpaired) electrons. The zero-order chi connectivity index (χ0) is 17.0. The number of hydrogen-bond donors (Lipinski definition) is 3. The Morgan fingerprint density at radius 1 is 1.29 bits per heavy atom. The Kier molecular flexibility index (Phi) is 7.24. The normalized spacial score (nSPS) is 19.2. The predicted molar refractivity (Wildman–Crippen MR) is 99.4 cm³/mol. The topological polar surface area (TPSA) is 84.2 Å². The van der Waals surface area contributed by atoms with Crippen molar-refractivity contribution in [1.82, 2.24) is 5.32 Å². The number of nitrogens with two attached hydrogens (primary N) is 1. The molecule has 1 aromatic rings. The van der Waals surface area contributed by atoms with Crippen molar-refractivity contribution in [2.45, 2.75) is 45.6 Å². The first kappa shape index (κ1) is 20.5. The summed E-state index contributed by atoms with van der Waals surface area (Å²) in [6, 6.07) is 7.05. The van der Waals surface area contributed by atoms with Gasteiger partial charge in [-0.3, -0.25) is 9.59 Å². The molecule has 2 atom stereocenters. The van der Waals surface area contributed by atoms with Crippen LogP contribution in [0.3, 0.4) is 0 Å². The van der Waals surface area contributed by atoms with E-state index in [-0.39, 0.29) is 35.7 Å². The first-order valence-corrected chi connectivity index (χ1v) is 8.38. The Bertz CT molecular complexity index is 579. The zero-order valence-corrected chi connectivity index (χ0v) is 15.4. The summed E-state index contributed by atoms with van der Waals surface area (Å²) in [5, 5.41) is 5.93. The Labute approximate surface area is 150 Å². The summed E-state index contributed by atoms with van der Waals surface area (Å²) in [7, 11) is 0. The van der Waals surface area contributed by atoms with Crippen molar-refractivity contribution < 1.29 is 9.59 Å². The highest BCUT2D eigenvalue weighted by Gasteiger charge is 2.39. The van der Waals surface area contributed by atoms with E-state index in [2.05, 4.69) is 17.6 Å². The zero-order valence-electron chi connectivity index (χ0n) is 14.6. The van der Waals surface area contributed by atoms with Crippen LogP contribution < -0.4 is 16.4 Å². The van der Waals surface area contributed by atoms with E-state index in [0.717, 1.165) is 19.3 Å². The second kappa shape index (κ2) is 8.49. The number of amides is 2. The minimum absolute atomic E-state index is 0. The van der Waals surface area contributed by atoms with E-state index in [9.17, 15) is 9.59 Å². The van der Waals surface area contributed by atoms with Gasteiger partial charge < -0.3 is 16.4 Å². The fourth-order valence-electron chi connectivity index (χ4n) is 2.74. The average Bonchev–Trinajstić information content (AvgIpc) is 3.30. The quantitative estimate of drug-likeness (QED) is 0.704. The van der Waals surface area contributed by atoms with Crippen LogP contribution >= 0.6 is 12.4 Å². The number of halogens is 1. The lowest BCUT2D eigenvalue weighted by atomic mass is 9.92. The van der Waals surface area contributed by atoms with Gasteiger partial charge in [0.25, 0.3) is 5.91 Å². The number of nitrogens with one attached hydrogen (secondary N) is 2. The number of benzene rings is 1. The number of hydrogen-bond acceptors (Lipinski definition) is 3. The van der Waals surface area contributed by atoms with Crippen LogP contribution in [0.4, 0.5) is 5.69 Å². The highest BCUT2D eigenvalue weighted by molar-refractivity contribution is 5.98. The van der Waals surface area contributed by atoms with Gasteiger partial charge in [0, 0.05) is 23.7 Å². The number of anilines is 1. The van der Waals surface area contributed by atoms with Gasteiger partial charge in [0.1, 0.15) is 0 Å². The van der Waals surface area contributed by atoms with E-state index in [1.807, 2.05) is 13.8 Å². The monoisotopic (exact) mass is 353 g/mol. The summed E-state index contributed by atoms with van der Waals surface area (Å²) >= 11 is 0. The number of rotatable bonds is 7. The number of carbonyl (C=O) groups excluding carboxylic acids is 2. The maximum Gasteiger partial charge on any atom is 0.251 e. The van der Waals surface area contributed by atoms with Crippen LogP contribution in [0, 0.1) is 11.8 Å². The van der Waals surface area contributed by atoms with Crippen LogP contribution in [-0.4, -0.2) is 23.9 Å². The van der Waals surface area contributed by atoms with E-state index in [1.54, 1.807) is 24.3 Å². The Hall–Kier alpha value is -1.59. The van der Waals surface area contributed by atoms with Crippen molar-refractivity contribution in [3.8, 4) is 0 Å². The molecule has 2 rings (SSSR count). The first-order valence-electron chi connectivity index (χ1n) is 8.38. The molecule has 0 bridgehead atoms. The van der Waals surface area contributed by atoms with Gasteiger partial charge in [0.15, 0.2) is 0 Å². The second-order valence-corrected chi connectivity index (χ2v) is 6.54. The van der Waals surface area contributed by atoms with Crippen molar-refractivity contribution in [3.63, 3.8) is 0 Å². The molecule has 0 spiro atoms. The highest BCUT2D eigenvalue weighted by Crippen LogP contribution is 2.38. The molecule has 24 heavy (non-hydrogen) atoms. The lowest BCUT2D eigenvalue weighted by molar-refractivity contribution is -0.117.